The highest BCUT2D eigenvalue weighted by atomic mass is 16.5. The number of azide groups is 1. The molecule has 0 aliphatic heterocycles. The fourth-order valence-corrected chi connectivity index (χ4v) is 1.00. The lowest BCUT2D eigenvalue weighted by Crippen LogP contribution is -2.23. The van der Waals surface area contributed by atoms with Gasteiger partial charge in [-0.3, -0.25) is 0 Å². The summed E-state index contributed by atoms with van der Waals surface area (Å²) in [5.74, 6) is 0. The minimum Gasteiger partial charge on any atom is -0.379 e. The lowest BCUT2D eigenvalue weighted by Gasteiger charge is -2.22. The Morgan fingerprint density at radius 2 is 2.14 bits per heavy atom. The molecule has 0 radical (unpaired) electrons. The van der Waals surface area contributed by atoms with E-state index in [1.165, 1.54) is 0 Å². The van der Waals surface area contributed by atoms with Crippen LogP contribution in [0.4, 0.5) is 0 Å². The molecule has 0 saturated carbocycles. The van der Waals surface area contributed by atoms with Gasteiger partial charge in [0.25, 0.3) is 0 Å². The van der Waals surface area contributed by atoms with Crippen LogP contribution >= 0.6 is 0 Å². The normalized spacial score (nSPS) is 16.9. The van der Waals surface area contributed by atoms with Crippen LogP contribution in [0.3, 0.4) is 0 Å². The van der Waals surface area contributed by atoms with E-state index in [0.29, 0.717) is 12.7 Å². The molecule has 0 aromatic carbocycles. The van der Waals surface area contributed by atoms with Gasteiger partial charge in [0, 0.05) is 17.1 Å². The molecule has 2 unspecified atom stereocenters. The molecular formula is C10H21N3O. The van der Waals surface area contributed by atoms with Gasteiger partial charge in [0.2, 0.25) is 0 Å². The second-order valence-electron chi connectivity index (χ2n) is 3.88. The summed E-state index contributed by atoms with van der Waals surface area (Å²) in [5, 5.41) is 3.80. The predicted octanol–water partition coefficient (Wildman–Crippen LogP) is 3.67. The Morgan fingerprint density at radius 1 is 1.50 bits per heavy atom. The van der Waals surface area contributed by atoms with Crippen molar-refractivity contribution in [2.45, 2.75) is 58.6 Å². The largest absolute Gasteiger partial charge is 0.379 e. The summed E-state index contributed by atoms with van der Waals surface area (Å²) in [6.45, 7) is 8.80. The van der Waals surface area contributed by atoms with Crippen LogP contribution in [0.2, 0.25) is 0 Å². The Kier molecular flexibility index (Phi) is 6.34. The molecule has 0 heterocycles. The molecule has 0 spiro atoms. The molecule has 0 bridgehead atoms. The van der Waals surface area contributed by atoms with E-state index in [1.54, 1.807) is 0 Å². The first kappa shape index (κ1) is 13.3. The molecule has 0 fully saturated rings. The van der Waals surface area contributed by atoms with E-state index < -0.39 is 0 Å². The number of hydrogen-bond acceptors (Lipinski definition) is 2. The third-order valence-electron chi connectivity index (χ3n) is 2.67. The van der Waals surface area contributed by atoms with E-state index in [4.69, 9.17) is 10.3 Å². The zero-order valence-electron chi connectivity index (χ0n) is 9.66. The predicted molar refractivity (Wildman–Crippen MR) is 58.2 cm³/mol. The first-order valence-corrected chi connectivity index (χ1v) is 5.25. The average molecular weight is 199 g/mol. The first-order chi connectivity index (χ1) is 6.58. The summed E-state index contributed by atoms with van der Waals surface area (Å²) in [7, 11) is 0. The van der Waals surface area contributed by atoms with E-state index in [9.17, 15) is 0 Å². The smallest absolute Gasteiger partial charge is 0.0544 e. The van der Waals surface area contributed by atoms with Gasteiger partial charge in [-0.05, 0) is 31.7 Å². The van der Waals surface area contributed by atoms with Gasteiger partial charge in [0.15, 0.2) is 0 Å². The lowest BCUT2D eigenvalue weighted by atomic mass is 9.96. The SMILES string of the molecule is CCC(C)OCCC(C)(CC)N=[N+]=[N-]. The third-order valence-corrected chi connectivity index (χ3v) is 2.67. The minimum atomic E-state index is -0.289. The Bertz CT molecular complexity index is 202. The molecule has 0 aliphatic carbocycles. The maximum atomic E-state index is 8.41. The molecule has 4 nitrogen and oxygen atoms in total. The number of rotatable bonds is 7. The standard InChI is InChI=1S/C10H21N3O/c1-5-9(3)14-8-7-10(4,6-2)12-13-11/h9H,5-8H2,1-4H3. The van der Waals surface area contributed by atoms with Crippen molar-refractivity contribution in [1.82, 2.24) is 0 Å². The molecule has 0 saturated heterocycles. The van der Waals surface area contributed by atoms with Crippen molar-refractivity contribution in [1.29, 1.82) is 0 Å². The molecule has 4 heteroatoms. The van der Waals surface area contributed by atoms with E-state index in [0.717, 1.165) is 19.3 Å². The summed E-state index contributed by atoms with van der Waals surface area (Å²) < 4.78 is 5.55. The van der Waals surface area contributed by atoms with Crippen LogP contribution in [0.1, 0.15) is 47.0 Å². The average Bonchev–Trinajstić information content (AvgIpc) is 2.18. The van der Waals surface area contributed by atoms with E-state index in [2.05, 4.69) is 23.9 Å². The fourth-order valence-electron chi connectivity index (χ4n) is 1.00. The van der Waals surface area contributed by atoms with Crippen LogP contribution in [0.15, 0.2) is 5.11 Å². The summed E-state index contributed by atoms with van der Waals surface area (Å²) in [6.07, 6.45) is 2.95. The highest BCUT2D eigenvalue weighted by molar-refractivity contribution is 4.81. The summed E-state index contributed by atoms with van der Waals surface area (Å²) in [5.41, 5.74) is 8.12. The van der Waals surface area contributed by atoms with Crippen molar-refractivity contribution < 1.29 is 4.74 Å². The van der Waals surface area contributed by atoms with Gasteiger partial charge >= 0.3 is 0 Å². The molecule has 0 amide bonds. The second kappa shape index (κ2) is 6.68. The van der Waals surface area contributed by atoms with Crippen LogP contribution in [0.5, 0.6) is 0 Å². The van der Waals surface area contributed by atoms with Gasteiger partial charge in [-0.1, -0.05) is 25.9 Å². The molecule has 0 rings (SSSR count). The quantitative estimate of drug-likeness (QED) is 0.350. The van der Waals surface area contributed by atoms with Crippen LogP contribution < -0.4 is 0 Å². The van der Waals surface area contributed by atoms with Crippen LogP contribution in [0, 0.1) is 0 Å². The maximum Gasteiger partial charge on any atom is 0.0544 e. The van der Waals surface area contributed by atoms with Crippen molar-refractivity contribution in [3.8, 4) is 0 Å². The van der Waals surface area contributed by atoms with Gasteiger partial charge in [-0.15, -0.1) is 0 Å². The van der Waals surface area contributed by atoms with Crippen molar-refractivity contribution >= 4 is 0 Å². The summed E-state index contributed by atoms with van der Waals surface area (Å²) in [6, 6.07) is 0. The van der Waals surface area contributed by atoms with Crippen molar-refractivity contribution in [3.63, 3.8) is 0 Å². The summed E-state index contributed by atoms with van der Waals surface area (Å²) >= 11 is 0. The zero-order valence-corrected chi connectivity index (χ0v) is 9.66. The molecule has 14 heavy (non-hydrogen) atoms. The molecule has 0 aromatic rings. The number of ether oxygens (including phenoxy) is 1. The number of hydrogen-bond donors (Lipinski definition) is 0. The van der Waals surface area contributed by atoms with Gasteiger partial charge < -0.3 is 4.74 Å². The molecule has 0 aromatic heterocycles. The van der Waals surface area contributed by atoms with Gasteiger partial charge in [0.1, 0.15) is 0 Å². The van der Waals surface area contributed by atoms with Crippen molar-refractivity contribution in [2.75, 3.05) is 6.61 Å². The second-order valence-corrected chi connectivity index (χ2v) is 3.88. The highest BCUT2D eigenvalue weighted by Crippen LogP contribution is 2.20. The Morgan fingerprint density at radius 3 is 2.57 bits per heavy atom. The topological polar surface area (TPSA) is 58.0 Å². The van der Waals surface area contributed by atoms with Crippen LogP contribution in [-0.4, -0.2) is 18.2 Å². The monoisotopic (exact) mass is 199 g/mol. The Hall–Kier alpha value is -0.730. The van der Waals surface area contributed by atoms with E-state index in [1.807, 2.05) is 13.8 Å². The zero-order chi connectivity index (χ0) is 11.0. The van der Waals surface area contributed by atoms with E-state index in [-0.39, 0.29) is 5.54 Å². The third kappa shape index (κ3) is 5.10. The Labute approximate surface area is 86.3 Å². The van der Waals surface area contributed by atoms with Gasteiger partial charge in [-0.2, -0.15) is 0 Å². The van der Waals surface area contributed by atoms with Crippen LogP contribution in [0.25, 0.3) is 10.4 Å². The number of nitrogens with zero attached hydrogens (tertiary/aromatic N) is 3. The fraction of sp³-hybridized carbons (Fsp3) is 1.00. The van der Waals surface area contributed by atoms with Crippen molar-refractivity contribution in [2.24, 2.45) is 5.11 Å². The summed E-state index contributed by atoms with van der Waals surface area (Å²) in [4.78, 5) is 2.87. The minimum absolute atomic E-state index is 0.289. The lowest BCUT2D eigenvalue weighted by molar-refractivity contribution is 0.0521. The van der Waals surface area contributed by atoms with Crippen LogP contribution in [-0.2, 0) is 4.74 Å². The molecular weight excluding hydrogens is 178 g/mol. The first-order valence-electron chi connectivity index (χ1n) is 5.25. The highest BCUT2D eigenvalue weighted by Gasteiger charge is 2.19. The Balaban J connectivity index is 3.90. The molecule has 82 valence electrons. The maximum absolute atomic E-state index is 8.41. The molecule has 0 aliphatic rings. The van der Waals surface area contributed by atoms with E-state index >= 15 is 0 Å². The van der Waals surface area contributed by atoms with Crippen molar-refractivity contribution in [3.05, 3.63) is 10.4 Å². The molecule has 0 N–H and O–H groups in total. The van der Waals surface area contributed by atoms with Gasteiger partial charge in [0.05, 0.1) is 6.10 Å². The van der Waals surface area contributed by atoms with Gasteiger partial charge in [-0.25, -0.2) is 0 Å². The molecule has 2 atom stereocenters.